The van der Waals surface area contributed by atoms with E-state index in [0.29, 0.717) is 6.10 Å². The molecule has 0 saturated carbocycles. The number of benzene rings is 1. The summed E-state index contributed by atoms with van der Waals surface area (Å²) in [5.41, 5.74) is 0.983. The number of fused-ring (bicyclic) bond motifs is 1. The molecule has 0 unspecified atom stereocenters. The van der Waals surface area contributed by atoms with Gasteiger partial charge in [-0.3, -0.25) is 0 Å². The second kappa shape index (κ2) is 5.75. The van der Waals surface area contributed by atoms with Crippen molar-refractivity contribution in [1.29, 1.82) is 0 Å². The molecule has 19 heavy (non-hydrogen) atoms. The van der Waals surface area contributed by atoms with Crippen molar-refractivity contribution < 1.29 is 4.74 Å². The first-order chi connectivity index (χ1) is 9.36. The Balaban J connectivity index is 1.82. The first kappa shape index (κ1) is 12.7. The second-order valence-corrected chi connectivity index (χ2v) is 5.56. The minimum Gasteiger partial charge on any atom is -0.377 e. The van der Waals surface area contributed by atoms with Crippen molar-refractivity contribution in [1.82, 2.24) is 9.97 Å². The number of aromatic nitrogens is 2. The number of rotatable bonds is 4. The van der Waals surface area contributed by atoms with Gasteiger partial charge in [0.25, 0.3) is 0 Å². The lowest BCUT2D eigenvalue weighted by Crippen LogP contribution is -2.08. The lowest BCUT2D eigenvalue weighted by atomic mass is 10.2. The smallest absolute Gasteiger partial charge is 0.190 e. The number of hydrogen-bond donors (Lipinski definition) is 1. The third-order valence-corrected chi connectivity index (χ3v) is 4.22. The predicted octanol–water partition coefficient (Wildman–Crippen LogP) is 2.94. The van der Waals surface area contributed by atoms with Crippen molar-refractivity contribution in [3.63, 3.8) is 0 Å². The van der Waals surface area contributed by atoms with E-state index < -0.39 is 0 Å². The van der Waals surface area contributed by atoms with Gasteiger partial charge in [-0.25, -0.2) is 9.97 Å². The fourth-order valence-corrected chi connectivity index (χ4v) is 3.17. The number of hydrogen-bond acceptors (Lipinski definition) is 5. The summed E-state index contributed by atoms with van der Waals surface area (Å²) in [6.45, 7) is 0.894. The summed E-state index contributed by atoms with van der Waals surface area (Å²) in [6.07, 6.45) is 2.68. The Morgan fingerprint density at radius 1 is 1.37 bits per heavy atom. The first-order valence-corrected chi connectivity index (χ1v) is 7.54. The van der Waals surface area contributed by atoms with Crippen molar-refractivity contribution in [2.45, 2.75) is 24.1 Å². The van der Waals surface area contributed by atoms with Gasteiger partial charge in [-0.05, 0) is 25.0 Å². The van der Waals surface area contributed by atoms with E-state index in [1.54, 1.807) is 11.8 Å². The molecule has 0 radical (unpaired) electrons. The summed E-state index contributed by atoms with van der Waals surface area (Å²) in [7, 11) is 1.89. The van der Waals surface area contributed by atoms with Crippen LogP contribution in [-0.4, -0.2) is 35.5 Å². The van der Waals surface area contributed by atoms with E-state index in [2.05, 4.69) is 15.3 Å². The van der Waals surface area contributed by atoms with Crippen LogP contribution in [0.5, 0.6) is 0 Å². The van der Waals surface area contributed by atoms with Gasteiger partial charge in [0.15, 0.2) is 5.16 Å². The zero-order valence-electron chi connectivity index (χ0n) is 10.9. The number of ether oxygens (including phenoxy) is 1. The molecule has 4 nitrogen and oxygen atoms in total. The van der Waals surface area contributed by atoms with Crippen LogP contribution in [-0.2, 0) is 4.74 Å². The highest BCUT2D eigenvalue weighted by Gasteiger charge is 2.16. The Labute approximate surface area is 117 Å². The molecular formula is C14H17N3OS. The summed E-state index contributed by atoms with van der Waals surface area (Å²) < 4.78 is 5.63. The van der Waals surface area contributed by atoms with Crippen LogP contribution in [0.25, 0.3) is 10.9 Å². The lowest BCUT2D eigenvalue weighted by Gasteiger charge is -2.10. The molecule has 1 aliphatic rings. The topological polar surface area (TPSA) is 47.0 Å². The SMILES string of the molecule is CNc1nc(SC[C@@H]2CCCO2)nc2ccccc12. The zero-order valence-corrected chi connectivity index (χ0v) is 11.7. The summed E-state index contributed by atoms with van der Waals surface area (Å²) in [5, 5.41) is 5.02. The van der Waals surface area contributed by atoms with Gasteiger partial charge in [-0.15, -0.1) is 0 Å². The maximum atomic E-state index is 5.63. The van der Waals surface area contributed by atoms with Gasteiger partial charge < -0.3 is 10.1 Å². The normalized spacial score (nSPS) is 18.9. The van der Waals surface area contributed by atoms with Crippen LogP contribution in [0.3, 0.4) is 0 Å². The number of anilines is 1. The van der Waals surface area contributed by atoms with Crippen LogP contribution in [0.15, 0.2) is 29.4 Å². The molecule has 1 aromatic heterocycles. The van der Waals surface area contributed by atoms with E-state index in [0.717, 1.165) is 40.7 Å². The highest BCUT2D eigenvalue weighted by molar-refractivity contribution is 7.99. The fourth-order valence-electron chi connectivity index (χ4n) is 2.25. The van der Waals surface area contributed by atoms with E-state index in [-0.39, 0.29) is 0 Å². The Morgan fingerprint density at radius 2 is 2.26 bits per heavy atom. The molecule has 1 fully saturated rings. The molecule has 1 aliphatic heterocycles. The zero-order chi connectivity index (χ0) is 13.1. The Bertz CT molecular complexity index is 570. The molecule has 2 heterocycles. The maximum Gasteiger partial charge on any atom is 0.190 e. The molecule has 2 aromatic rings. The molecule has 0 spiro atoms. The molecule has 1 aromatic carbocycles. The third kappa shape index (κ3) is 2.82. The van der Waals surface area contributed by atoms with E-state index >= 15 is 0 Å². The largest absolute Gasteiger partial charge is 0.377 e. The molecule has 0 amide bonds. The molecule has 100 valence electrons. The van der Waals surface area contributed by atoms with Crippen LogP contribution in [0.1, 0.15) is 12.8 Å². The molecule has 1 N–H and O–H groups in total. The van der Waals surface area contributed by atoms with Crippen molar-refractivity contribution in [2.75, 3.05) is 24.7 Å². The van der Waals surface area contributed by atoms with Crippen LogP contribution in [0.2, 0.25) is 0 Å². The van der Waals surface area contributed by atoms with Crippen LogP contribution < -0.4 is 5.32 Å². The minimum absolute atomic E-state index is 0.359. The van der Waals surface area contributed by atoms with Crippen molar-refractivity contribution in [3.8, 4) is 0 Å². The highest BCUT2D eigenvalue weighted by Crippen LogP contribution is 2.26. The van der Waals surface area contributed by atoms with E-state index in [9.17, 15) is 0 Å². The van der Waals surface area contributed by atoms with Gasteiger partial charge in [0.1, 0.15) is 5.82 Å². The van der Waals surface area contributed by atoms with Crippen LogP contribution >= 0.6 is 11.8 Å². The summed E-state index contributed by atoms with van der Waals surface area (Å²) in [5.74, 6) is 1.82. The first-order valence-electron chi connectivity index (χ1n) is 6.56. The molecule has 1 atom stereocenters. The third-order valence-electron chi connectivity index (χ3n) is 3.24. The fraction of sp³-hybridized carbons (Fsp3) is 0.429. The van der Waals surface area contributed by atoms with Gasteiger partial charge in [0, 0.05) is 24.8 Å². The summed E-state index contributed by atoms with van der Waals surface area (Å²) in [4.78, 5) is 9.17. The van der Waals surface area contributed by atoms with E-state index in [1.807, 2.05) is 31.3 Å². The van der Waals surface area contributed by atoms with Crippen molar-refractivity contribution in [2.24, 2.45) is 0 Å². The van der Waals surface area contributed by atoms with Gasteiger partial charge in [0.2, 0.25) is 0 Å². The monoisotopic (exact) mass is 275 g/mol. The average Bonchev–Trinajstić information content (AvgIpc) is 2.97. The van der Waals surface area contributed by atoms with Gasteiger partial charge in [-0.2, -0.15) is 0 Å². The van der Waals surface area contributed by atoms with Gasteiger partial charge in [-0.1, -0.05) is 23.9 Å². The Hall–Kier alpha value is -1.33. The van der Waals surface area contributed by atoms with E-state index in [1.165, 1.54) is 6.42 Å². The standard InChI is InChI=1S/C14H17N3OS/c1-15-13-11-6-2-3-7-12(11)16-14(17-13)19-9-10-5-4-8-18-10/h2-3,6-7,10H,4-5,8-9H2,1H3,(H,15,16,17)/t10-/m0/s1. The van der Waals surface area contributed by atoms with Crippen molar-refractivity contribution >= 4 is 28.5 Å². The van der Waals surface area contributed by atoms with Crippen LogP contribution in [0.4, 0.5) is 5.82 Å². The number of thioether (sulfide) groups is 1. The molecule has 3 rings (SSSR count). The van der Waals surface area contributed by atoms with Crippen molar-refractivity contribution in [3.05, 3.63) is 24.3 Å². The Kier molecular flexibility index (Phi) is 3.84. The molecule has 0 bridgehead atoms. The molecule has 1 saturated heterocycles. The quantitative estimate of drug-likeness (QED) is 0.686. The number of para-hydroxylation sites is 1. The highest BCUT2D eigenvalue weighted by atomic mass is 32.2. The average molecular weight is 275 g/mol. The van der Waals surface area contributed by atoms with Crippen LogP contribution in [0, 0.1) is 0 Å². The van der Waals surface area contributed by atoms with E-state index in [4.69, 9.17) is 4.74 Å². The minimum atomic E-state index is 0.359. The Morgan fingerprint density at radius 3 is 3.05 bits per heavy atom. The summed E-state index contributed by atoms with van der Waals surface area (Å²) >= 11 is 1.67. The molecular weight excluding hydrogens is 258 g/mol. The summed E-state index contributed by atoms with van der Waals surface area (Å²) in [6, 6.07) is 8.07. The molecule has 0 aliphatic carbocycles. The predicted molar refractivity (Wildman–Crippen MR) is 78.8 cm³/mol. The number of nitrogens with zero attached hydrogens (tertiary/aromatic N) is 2. The lowest BCUT2D eigenvalue weighted by molar-refractivity contribution is 0.129. The molecule has 5 heteroatoms. The van der Waals surface area contributed by atoms with Gasteiger partial charge >= 0.3 is 0 Å². The number of nitrogens with one attached hydrogen (secondary N) is 1. The second-order valence-electron chi connectivity index (χ2n) is 4.57. The maximum absolute atomic E-state index is 5.63. The van der Waals surface area contributed by atoms with Gasteiger partial charge in [0.05, 0.1) is 11.6 Å².